The standard InChI is InChI=1S/C20H33N3O.HI/c1-3-16-9-8-10-17(4-2)18(16)23-19(21)22-15-20(13-14-24)11-6-5-7-12-20;/h8-10,24H,3-7,11-15H2,1-2H3,(H3,21,22,23);1H. The van der Waals surface area contributed by atoms with E-state index in [4.69, 9.17) is 5.73 Å². The van der Waals surface area contributed by atoms with Crippen LogP contribution in [-0.4, -0.2) is 24.2 Å². The minimum atomic E-state index is 0. The Bertz CT molecular complexity index is 526. The van der Waals surface area contributed by atoms with Gasteiger partial charge in [0.2, 0.25) is 0 Å². The molecule has 0 atom stereocenters. The van der Waals surface area contributed by atoms with Gasteiger partial charge < -0.3 is 16.2 Å². The van der Waals surface area contributed by atoms with Crippen LogP contribution in [0.1, 0.15) is 63.5 Å². The van der Waals surface area contributed by atoms with E-state index in [1.54, 1.807) is 0 Å². The maximum atomic E-state index is 9.43. The Morgan fingerprint density at radius 3 is 2.28 bits per heavy atom. The molecule has 4 nitrogen and oxygen atoms in total. The fourth-order valence-electron chi connectivity index (χ4n) is 3.85. The van der Waals surface area contributed by atoms with Gasteiger partial charge >= 0.3 is 0 Å². The molecule has 0 radical (unpaired) electrons. The number of benzene rings is 1. The number of aryl methyl sites for hydroxylation is 2. The molecule has 2 rings (SSSR count). The minimum Gasteiger partial charge on any atom is -0.396 e. The van der Waals surface area contributed by atoms with Gasteiger partial charge in [0.1, 0.15) is 0 Å². The van der Waals surface area contributed by atoms with Crippen LogP contribution in [0.4, 0.5) is 5.69 Å². The second-order valence-electron chi connectivity index (χ2n) is 7.02. The number of nitrogens with zero attached hydrogens (tertiary/aromatic N) is 1. The number of rotatable bonds is 7. The van der Waals surface area contributed by atoms with E-state index < -0.39 is 0 Å². The summed E-state index contributed by atoms with van der Waals surface area (Å²) in [6.07, 6.45) is 8.84. The predicted molar refractivity (Wildman–Crippen MR) is 118 cm³/mol. The fourth-order valence-corrected chi connectivity index (χ4v) is 3.85. The summed E-state index contributed by atoms with van der Waals surface area (Å²) >= 11 is 0. The van der Waals surface area contributed by atoms with Crippen molar-refractivity contribution in [2.45, 2.75) is 65.2 Å². The van der Waals surface area contributed by atoms with Gasteiger partial charge in [-0.15, -0.1) is 24.0 Å². The molecule has 0 bridgehead atoms. The average molecular weight is 459 g/mol. The summed E-state index contributed by atoms with van der Waals surface area (Å²) in [6.45, 7) is 5.26. The molecule has 0 heterocycles. The SMILES string of the molecule is CCc1cccc(CC)c1NC(N)=NCC1(CCO)CCCCC1.I. The number of hydrogen-bond donors (Lipinski definition) is 3. The lowest BCUT2D eigenvalue weighted by Gasteiger charge is -2.35. The number of hydrogen-bond acceptors (Lipinski definition) is 2. The average Bonchev–Trinajstić information content (AvgIpc) is 2.61. The Labute approximate surface area is 169 Å². The van der Waals surface area contributed by atoms with Crippen LogP contribution < -0.4 is 11.1 Å². The third-order valence-electron chi connectivity index (χ3n) is 5.39. The largest absolute Gasteiger partial charge is 0.396 e. The Morgan fingerprint density at radius 1 is 1.16 bits per heavy atom. The lowest BCUT2D eigenvalue weighted by atomic mass is 9.72. The van der Waals surface area contributed by atoms with Gasteiger partial charge in [-0.1, -0.05) is 51.3 Å². The van der Waals surface area contributed by atoms with Gasteiger partial charge in [0.25, 0.3) is 0 Å². The van der Waals surface area contributed by atoms with Crippen LogP contribution >= 0.6 is 24.0 Å². The summed E-state index contributed by atoms with van der Waals surface area (Å²) in [5.41, 5.74) is 10.00. The summed E-state index contributed by atoms with van der Waals surface area (Å²) in [5, 5.41) is 12.8. The van der Waals surface area contributed by atoms with E-state index in [-0.39, 0.29) is 36.0 Å². The topological polar surface area (TPSA) is 70.6 Å². The molecule has 142 valence electrons. The summed E-state index contributed by atoms with van der Waals surface area (Å²) in [7, 11) is 0. The van der Waals surface area contributed by atoms with Crippen LogP contribution in [0.15, 0.2) is 23.2 Å². The zero-order valence-corrected chi connectivity index (χ0v) is 18.0. The van der Waals surface area contributed by atoms with Gasteiger partial charge in [-0.25, -0.2) is 0 Å². The van der Waals surface area contributed by atoms with Crippen LogP contribution in [0.3, 0.4) is 0 Å². The third kappa shape index (κ3) is 6.13. The van der Waals surface area contributed by atoms with Gasteiger partial charge in [-0.2, -0.15) is 0 Å². The number of aliphatic hydroxyl groups is 1. The van der Waals surface area contributed by atoms with Crippen molar-refractivity contribution < 1.29 is 5.11 Å². The molecule has 1 saturated carbocycles. The van der Waals surface area contributed by atoms with Crippen molar-refractivity contribution in [2.75, 3.05) is 18.5 Å². The molecule has 0 unspecified atom stereocenters. The minimum absolute atomic E-state index is 0. The molecule has 0 spiro atoms. The number of aliphatic imine (C=N–C) groups is 1. The first-order valence-electron chi connectivity index (χ1n) is 9.42. The maximum Gasteiger partial charge on any atom is 0.193 e. The summed E-state index contributed by atoms with van der Waals surface area (Å²) in [4.78, 5) is 4.66. The van der Waals surface area contributed by atoms with Crippen molar-refractivity contribution in [1.29, 1.82) is 0 Å². The molecular formula is C20H34IN3O. The highest BCUT2D eigenvalue weighted by molar-refractivity contribution is 14.0. The molecule has 25 heavy (non-hydrogen) atoms. The Balaban J connectivity index is 0.00000312. The zero-order valence-electron chi connectivity index (χ0n) is 15.7. The molecule has 1 aromatic rings. The third-order valence-corrected chi connectivity index (χ3v) is 5.39. The highest BCUT2D eigenvalue weighted by Crippen LogP contribution is 2.39. The normalized spacial score (nSPS) is 17.0. The molecular weight excluding hydrogens is 425 g/mol. The number of aliphatic hydroxyl groups excluding tert-OH is 1. The van der Waals surface area contributed by atoms with E-state index in [2.05, 4.69) is 42.4 Å². The first kappa shape index (κ1) is 22.2. The Kier molecular flexibility index (Phi) is 9.79. The molecule has 4 N–H and O–H groups in total. The number of para-hydroxylation sites is 1. The highest BCUT2D eigenvalue weighted by atomic mass is 127. The van der Waals surface area contributed by atoms with E-state index >= 15 is 0 Å². The van der Waals surface area contributed by atoms with E-state index in [0.29, 0.717) is 12.5 Å². The highest BCUT2D eigenvalue weighted by Gasteiger charge is 2.31. The number of nitrogens with one attached hydrogen (secondary N) is 1. The first-order valence-corrected chi connectivity index (χ1v) is 9.42. The summed E-state index contributed by atoms with van der Waals surface area (Å²) in [6, 6.07) is 6.39. The van der Waals surface area contributed by atoms with Crippen LogP contribution in [0.5, 0.6) is 0 Å². The number of guanidine groups is 1. The number of anilines is 1. The van der Waals surface area contributed by atoms with E-state index in [1.165, 1.54) is 30.4 Å². The smallest absolute Gasteiger partial charge is 0.193 e. The van der Waals surface area contributed by atoms with Crippen molar-refractivity contribution in [1.82, 2.24) is 0 Å². The molecule has 5 heteroatoms. The monoisotopic (exact) mass is 459 g/mol. The van der Waals surface area contributed by atoms with E-state index in [9.17, 15) is 5.11 Å². The lowest BCUT2D eigenvalue weighted by Crippen LogP contribution is -2.32. The summed E-state index contributed by atoms with van der Waals surface area (Å²) in [5.74, 6) is 0.494. The molecule has 0 amide bonds. The molecule has 0 saturated heterocycles. The molecule has 0 aromatic heterocycles. The van der Waals surface area contributed by atoms with Crippen molar-refractivity contribution in [3.05, 3.63) is 29.3 Å². The zero-order chi connectivity index (χ0) is 17.4. The van der Waals surface area contributed by atoms with Gasteiger partial charge in [0.05, 0.1) is 0 Å². The second-order valence-corrected chi connectivity index (χ2v) is 7.02. The molecule has 0 aliphatic heterocycles. The van der Waals surface area contributed by atoms with Gasteiger partial charge in [0.15, 0.2) is 5.96 Å². The molecule has 1 fully saturated rings. The van der Waals surface area contributed by atoms with Crippen LogP contribution in [-0.2, 0) is 12.8 Å². The van der Waals surface area contributed by atoms with Crippen LogP contribution in [0, 0.1) is 5.41 Å². The molecule has 1 aliphatic carbocycles. The van der Waals surface area contributed by atoms with Gasteiger partial charge in [-0.3, -0.25) is 4.99 Å². The van der Waals surface area contributed by atoms with E-state index in [1.807, 2.05) is 0 Å². The first-order chi connectivity index (χ1) is 11.6. The van der Waals surface area contributed by atoms with Crippen molar-refractivity contribution in [3.8, 4) is 0 Å². The number of nitrogens with two attached hydrogens (primary N) is 1. The predicted octanol–water partition coefficient (Wildman–Crippen LogP) is 4.49. The lowest BCUT2D eigenvalue weighted by molar-refractivity contribution is 0.137. The Morgan fingerprint density at radius 2 is 1.76 bits per heavy atom. The second kappa shape index (κ2) is 11.0. The van der Waals surface area contributed by atoms with Crippen molar-refractivity contribution in [2.24, 2.45) is 16.1 Å². The van der Waals surface area contributed by atoms with Crippen LogP contribution in [0.25, 0.3) is 0 Å². The Hall–Kier alpha value is -0.820. The maximum absolute atomic E-state index is 9.43. The molecule has 1 aromatic carbocycles. The van der Waals surface area contributed by atoms with Crippen LogP contribution in [0.2, 0.25) is 0 Å². The van der Waals surface area contributed by atoms with Crippen molar-refractivity contribution >= 4 is 35.6 Å². The quantitative estimate of drug-likeness (QED) is 0.320. The fraction of sp³-hybridized carbons (Fsp3) is 0.650. The molecule has 1 aliphatic rings. The van der Waals surface area contributed by atoms with Gasteiger partial charge in [-0.05, 0) is 48.6 Å². The van der Waals surface area contributed by atoms with Gasteiger partial charge in [0, 0.05) is 18.8 Å². The van der Waals surface area contributed by atoms with Crippen molar-refractivity contribution in [3.63, 3.8) is 0 Å². The summed E-state index contributed by atoms with van der Waals surface area (Å²) < 4.78 is 0. The van der Waals surface area contributed by atoms with E-state index in [0.717, 1.165) is 37.8 Å². The number of halogens is 1.